The normalized spacial score (nSPS) is 11.0. The van der Waals surface area contributed by atoms with Crippen LogP contribution in [0.25, 0.3) is 6.08 Å². The lowest BCUT2D eigenvalue weighted by molar-refractivity contribution is 0.104. The summed E-state index contributed by atoms with van der Waals surface area (Å²) in [5.74, 6) is 0.706. The average Bonchev–Trinajstić information content (AvgIpc) is 2.72. The Bertz CT molecular complexity index is 736. The van der Waals surface area contributed by atoms with Crippen molar-refractivity contribution in [1.29, 1.82) is 0 Å². The van der Waals surface area contributed by atoms with E-state index < -0.39 is 7.12 Å². The zero-order valence-electron chi connectivity index (χ0n) is 16.5. The summed E-state index contributed by atoms with van der Waals surface area (Å²) in [5, 5.41) is 18.2. The van der Waals surface area contributed by atoms with Crippen molar-refractivity contribution in [3.63, 3.8) is 0 Å². The Balaban J connectivity index is 1.77. The molecule has 2 aromatic rings. The third-order valence-electron chi connectivity index (χ3n) is 4.57. The largest absolute Gasteiger partial charge is 0.494 e. The van der Waals surface area contributed by atoms with Crippen LogP contribution >= 0.6 is 0 Å². The molecule has 5 heteroatoms. The topological polar surface area (TPSA) is 66.8 Å². The molecule has 0 saturated carbocycles. The number of allylic oxidation sites excluding steroid dienone is 1. The van der Waals surface area contributed by atoms with E-state index in [4.69, 9.17) is 14.8 Å². The van der Waals surface area contributed by atoms with E-state index in [9.17, 15) is 4.79 Å². The predicted octanol–water partition coefficient (Wildman–Crippen LogP) is 4.00. The fourth-order valence-electron chi connectivity index (χ4n) is 2.84. The van der Waals surface area contributed by atoms with Crippen LogP contribution in [-0.4, -0.2) is 29.6 Å². The summed E-state index contributed by atoms with van der Waals surface area (Å²) in [7, 11) is -1.53. The second-order valence-electron chi connectivity index (χ2n) is 6.88. The molecule has 2 aromatic carbocycles. The van der Waals surface area contributed by atoms with Gasteiger partial charge in [-0.05, 0) is 35.7 Å². The molecule has 0 radical (unpaired) electrons. The first-order valence-electron chi connectivity index (χ1n) is 10.0. The van der Waals surface area contributed by atoms with E-state index >= 15 is 0 Å². The molecule has 148 valence electrons. The number of ether oxygens (including phenoxy) is 1. The highest BCUT2D eigenvalue weighted by atomic mass is 16.5. The fourth-order valence-corrected chi connectivity index (χ4v) is 2.84. The Hall–Kier alpha value is -2.37. The summed E-state index contributed by atoms with van der Waals surface area (Å²) in [6, 6.07) is 13.9. The average molecular weight is 380 g/mol. The van der Waals surface area contributed by atoms with Crippen LogP contribution in [0.2, 0.25) is 0 Å². The molecule has 0 atom stereocenters. The van der Waals surface area contributed by atoms with Crippen LogP contribution in [0.15, 0.2) is 54.6 Å². The SMILES string of the molecule is CCCCCCCCOc1ccc(/C=C/C(=O)c2ccc(B(O)O)cc2)cc1. The standard InChI is InChI=1S/C23H29BO4/c1-2-3-4-5-6-7-18-28-22-15-8-19(9-16-22)10-17-23(25)20-11-13-21(14-12-20)24(26)27/h8-17,26-27H,2-7,18H2,1H3/b17-10+. The van der Waals surface area contributed by atoms with Crippen molar-refractivity contribution in [3.8, 4) is 5.75 Å². The summed E-state index contributed by atoms with van der Waals surface area (Å²) in [6.45, 7) is 2.96. The lowest BCUT2D eigenvalue weighted by Crippen LogP contribution is -2.29. The number of carbonyl (C=O) groups excluding carboxylic acids is 1. The maximum atomic E-state index is 12.2. The molecule has 0 fully saturated rings. The summed E-state index contributed by atoms with van der Waals surface area (Å²) in [4.78, 5) is 12.2. The van der Waals surface area contributed by atoms with Gasteiger partial charge in [-0.2, -0.15) is 0 Å². The minimum absolute atomic E-state index is 0.137. The molecule has 0 aliphatic heterocycles. The zero-order valence-corrected chi connectivity index (χ0v) is 16.5. The lowest BCUT2D eigenvalue weighted by atomic mass is 9.80. The fraction of sp³-hybridized carbons (Fsp3) is 0.348. The molecule has 0 unspecified atom stereocenters. The number of hydrogen-bond donors (Lipinski definition) is 2. The Labute approximate surface area is 168 Å². The molecule has 0 aliphatic carbocycles. The molecule has 2 rings (SSSR count). The van der Waals surface area contributed by atoms with E-state index in [1.165, 1.54) is 50.3 Å². The van der Waals surface area contributed by atoms with Gasteiger partial charge < -0.3 is 14.8 Å². The van der Waals surface area contributed by atoms with E-state index in [-0.39, 0.29) is 5.78 Å². The predicted molar refractivity (Wildman–Crippen MR) is 115 cm³/mol. The monoisotopic (exact) mass is 380 g/mol. The van der Waals surface area contributed by atoms with Gasteiger partial charge in [0.2, 0.25) is 0 Å². The number of ketones is 1. The quantitative estimate of drug-likeness (QED) is 0.253. The van der Waals surface area contributed by atoms with Crippen molar-refractivity contribution in [2.45, 2.75) is 45.4 Å². The van der Waals surface area contributed by atoms with Gasteiger partial charge in [0.25, 0.3) is 0 Å². The van der Waals surface area contributed by atoms with Crippen LogP contribution in [0.3, 0.4) is 0 Å². The zero-order chi connectivity index (χ0) is 20.2. The Kier molecular flexibility index (Phi) is 9.53. The first kappa shape index (κ1) is 21.9. The molecule has 0 spiro atoms. The van der Waals surface area contributed by atoms with E-state index in [0.717, 1.165) is 24.3 Å². The molecular weight excluding hydrogens is 351 g/mol. The van der Waals surface area contributed by atoms with Crippen LogP contribution in [0.4, 0.5) is 0 Å². The van der Waals surface area contributed by atoms with Crippen molar-refractivity contribution in [2.24, 2.45) is 0 Å². The molecule has 0 aliphatic rings. The maximum Gasteiger partial charge on any atom is 0.488 e. The van der Waals surface area contributed by atoms with Crippen molar-refractivity contribution in [3.05, 3.63) is 65.7 Å². The van der Waals surface area contributed by atoms with Gasteiger partial charge in [0.1, 0.15) is 5.75 Å². The molecule has 0 saturated heterocycles. The van der Waals surface area contributed by atoms with Gasteiger partial charge in [-0.25, -0.2) is 0 Å². The number of rotatable bonds is 12. The minimum atomic E-state index is -1.53. The minimum Gasteiger partial charge on any atom is -0.494 e. The first-order chi connectivity index (χ1) is 13.6. The highest BCUT2D eigenvalue weighted by Crippen LogP contribution is 2.15. The smallest absolute Gasteiger partial charge is 0.488 e. The summed E-state index contributed by atoms with van der Waals surface area (Å²) in [5.41, 5.74) is 1.78. The van der Waals surface area contributed by atoms with Crippen LogP contribution < -0.4 is 10.2 Å². The molecule has 0 bridgehead atoms. The molecule has 0 aromatic heterocycles. The lowest BCUT2D eigenvalue weighted by Gasteiger charge is -2.06. The molecule has 4 nitrogen and oxygen atoms in total. The van der Waals surface area contributed by atoms with Gasteiger partial charge in [-0.15, -0.1) is 0 Å². The van der Waals surface area contributed by atoms with E-state index in [1.807, 2.05) is 24.3 Å². The van der Waals surface area contributed by atoms with Crippen molar-refractivity contribution in [1.82, 2.24) is 0 Å². The van der Waals surface area contributed by atoms with Crippen molar-refractivity contribution < 1.29 is 19.6 Å². The number of benzene rings is 2. The third kappa shape index (κ3) is 7.71. The summed E-state index contributed by atoms with van der Waals surface area (Å²) in [6.07, 6.45) is 10.7. The highest BCUT2D eigenvalue weighted by molar-refractivity contribution is 6.58. The molecule has 2 N–H and O–H groups in total. The maximum absolute atomic E-state index is 12.2. The first-order valence-corrected chi connectivity index (χ1v) is 10.0. The second-order valence-corrected chi connectivity index (χ2v) is 6.88. The Morgan fingerprint density at radius 2 is 1.57 bits per heavy atom. The Morgan fingerprint density at radius 3 is 2.21 bits per heavy atom. The number of hydrogen-bond acceptors (Lipinski definition) is 4. The van der Waals surface area contributed by atoms with Crippen molar-refractivity contribution >= 4 is 24.4 Å². The summed E-state index contributed by atoms with van der Waals surface area (Å²) >= 11 is 0. The summed E-state index contributed by atoms with van der Waals surface area (Å²) < 4.78 is 5.76. The molecule has 0 amide bonds. The van der Waals surface area contributed by atoms with Gasteiger partial charge in [0.15, 0.2) is 5.78 Å². The van der Waals surface area contributed by atoms with E-state index in [1.54, 1.807) is 18.2 Å². The number of unbranched alkanes of at least 4 members (excludes halogenated alkanes) is 5. The van der Waals surface area contributed by atoms with Crippen LogP contribution in [0, 0.1) is 0 Å². The van der Waals surface area contributed by atoms with Crippen molar-refractivity contribution in [2.75, 3.05) is 6.61 Å². The van der Waals surface area contributed by atoms with E-state index in [0.29, 0.717) is 11.0 Å². The van der Waals surface area contributed by atoms with Gasteiger partial charge in [0.05, 0.1) is 6.61 Å². The third-order valence-corrected chi connectivity index (χ3v) is 4.57. The van der Waals surface area contributed by atoms with Crippen LogP contribution in [0.5, 0.6) is 5.75 Å². The van der Waals surface area contributed by atoms with Gasteiger partial charge in [-0.1, -0.05) is 81.5 Å². The second kappa shape index (κ2) is 12.2. The van der Waals surface area contributed by atoms with Gasteiger partial charge in [-0.3, -0.25) is 4.79 Å². The highest BCUT2D eigenvalue weighted by Gasteiger charge is 2.11. The van der Waals surface area contributed by atoms with Gasteiger partial charge >= 0.3 is 7.12 Å². The van der Waals surface area contributed by atoms with E-state index in [2.05, 4.69) is 6.92 Å². The molecule has 0 heterocycles. The van der Waals surface area contributed by atoms with Crippen LogP contribution in [-0.2, 0) is 0 Å². The van der Waals surface area contributed by atoms with Gasteiger partial charge in [0, 0.05) is 5.56 Å². The van der Waals surface area contributed by atoms with Crippen LogP contribution in [0.1, 0.15) is 61.4 Å². The Morgan fingerprint density at radius 1 is 0.929 bits per heavy atom. The molecule has 28 heavy (non-hydrogen) atoms. The molecular formula is C23H29BO4. The number of carbonyl (C=O) groups is 1.